The number of benzene rings is 2. The summed E-state index contributed by atoms with van der Waals surface area (Å²) in [5, 5.41) is 11.4. The van der Waals surface area contributed by atoms with Crippen molar-refractivity contribution in [2.24, 2.45) is 0 Å². The number of fused-ring (bicyclic) bond motifs is 3. The van der Waals surface area contributed by atoms with E-state index in [4.69, 9.17) is 4.74 Å². The fourth-order valence-electron chi connectivity index (χ4n) is 4.43. The van der Waals surface area contributed by atoms with Crippen LogP contribution in [-0.2, 0) is 22.8 Å². The van der Waals surface area contributed by atoms with Crippen molar-refractivity contribution in [3.05, 3.63) is 70.3 Å². The Morgan fingerprint density at radius 2 is 2.09 bits per heavy atom. The van der Waals surface area contributed by atoms with Crippen molar-refractivity contribution in [2.75, 3.05) is 11.9 Å². The van der Waals surface area contributed by atoms with Crippen LogP contribution in [0.4, 0.5) is 10.3 Å². The lowest BCUT2D eigenvalue weighted by atomic mass is 10.0. The molecule has 0 aliphatic carbocycles. The highest BCUT2D eigenvalue weighted by atomic mass is 32.2. The van der Waals surface area contributed by atoms with Gasteiger partial charge in [0.2, 0.25) is 15.8 Å². The maximum atomic E-state index is 14.5. The number of hydrogen-bond donors (Lipinski definition) is 1. The number of halogens is 1. The zero-order chi connectivity index (χ0) is 22.7. The quantitative estimate of drug-likeness (QED) is 0.494. The van der Waals surface area contributed by atoms with Crippen LogP contribution in [0.2, 0.25) is 0 Å². The van der Waals surface area contributed by atoms with Crippen molar-refractivity contribution >= 4 is 27.5 Å². The van der Waals surface area contributed by atoms with Gasteiger partial charge in [-0.15, -0.1) is 10.2 Å². The van der Waals surface area contributed by atoms with Crippen LogP contribution in [0.25, 0.3) is 22.9 Å². The van der Waals surface area contributed by atoms with Gasteiger partial charge in [-0.05, 0) is 36.8 Å². The Hall–Kier alpha value is -3.79. The molecule has 0 fully saturated rings. The van der Waals surface area contributed by atoms with Gasteiger partial charge in [0, 0.05) is 46.3 Å². The zero-order valence-corrected chi connectivity index (χ0v) is 18.4. The summed E-state index contributed by atoms with van der Waals surface area (Å²) in [5.41, 5.74) is 3.89. The smallest absolute Gasteiger partial charge is 0.210 e. The van der Waals surface area contributed by atoms with Crippen LogP contribution in [0.3, 0.4) is 0 Å². The first-order valence-corrected chi connectivity index (χ1v) is 11.9. The number of anilines is 1. The molecule has 8 nitrogen and oxygen atoms in total. The highest BCUT2D eigenvalue weighted by Crippen LogP contribution is 2.39. The van der Waals surface area contributed by atoms with E-state index in [-0.39, 0.29) is 17.3 Å². The molecule has 10 heteroatoms. The summed E-state index contributed by atoms with van der Waals surface area (Å²) < 4.78 is 46.9. The van der Waals surface area contributed by atoms with Crippen molar-refractivity contribution in [1.82, 2.24) is 19.6 Å². The topological polar surface area (TPSA) is 98.5 Å². The van der Waals surface area contributed by atoms with Gasteiger partial charge in [-0.1, -0.05) is 12.1 Å². The molecule has 1 N–H and O–H groups in total. The fourth-order valence-corrected chi connectivity index (χ4v) is 5.77. The Balaban J connectivity index is 1.40. The normalized spacial score (nSPS) is 15.8. The summed E-state index contributed by atoms with van der Waals surface area (Å²) in [6.07, 6.45) is 5.47. The molecule has 33 heavy (non-hydrogen) atoms. The molecule has 0 saturated heterocycles. The van der Waals surface area contributed by atoms with E-state index < -0.39 is 9.84 Å². The van der Waals surface area contributed by atoms with Crippen molar-refractivity contribution in [2.45, 2.75) is 24.8 Å². The van der Waals surface area contributed by atoms with E-state index in [2.05, 4.69) is 20.5 Å². The molecular weight excluding hydrogens is 445 g/mol. The van der Waals surface area contributed by atoms with E-state index in [0.717, 1.165) is 5.56 Å². The highest BCUT2D eigenvalue weighted by molar-refractivity contribution is 7.95. The summed E-state index contributed by atoms with van der Waals surface area (Å²) in [7, 11) is -3.47. The lowest BCUT2D eigenvalue weighted by Crippen LogP contribution is -2.10. The molecule has 0 unspecified atom stereocenters. The van der Waals surface area contributed by atoms with Gasteiger partial charge in [0.1, 0.15) is 17.9 Å². The fraction of sp³-hybridized carbons (Fsp3) is 0.174. The monoisotopic (exact) mass is 463 g/mol. The molecule has 2 aromatic heterocycles. The van der Waals surface area contributed by atoms with Gasteiger partial charge >= 0.3 is 0 Å². The third-order valence-electron chi connectivity index (χ3n) is 6.11. The molecule has 0 radical (unpaired) electrons. The van der Waals surface area contributed by atoms with Crippen molar-refractivity contribution < 1.29 is 17.5 Å². The Morgan fingerprint density at radius 3 is 2.97 bits per heavy atom. The molecule has 0 bridgehead atoms. The highest BCUT2D eigenvalue weighted by Gasteiger charge is 2.29. The van der Waals surface area contributed by atoms with Crippen LogP contribution in [0, 0.1) is 5.82 Å². The van der Waals surface area contributed by atoms with E-state index >= 15 is 0 Å². The van der Waals surface area contributed by atoms with Gasteiger partial charge < -0.3 is 10.1 Å². The van der Waals surface area contributed by atoms with Crippen LogP contribution < -0.4 is 10.1 Å². The van der Waals surface area contributed by atoms with E-state index in [1.165, 1.54) is 12.4 Å². The van der Waals surface area contributed by atoms with Gasteiger partial charge in [0.05, 0.1) is 11.5 Å². The van der Waals surface area contributed by atoms with Gasteiger partial charge in [0.15, 0.2) is 5.65 Å². The van der Waals surface area contributed by atoms with Gasteiger partial charge in [-0.3, -0.25) is 4.40 Å². The predicted octanol–water partition coefficient (Wildman–Crippen LogP) is 3.63. The van der Waals surface area contributed by atoms with Crippen LogP contribution in [0.5, 0.6) is 5.75 Å². The lowest BCUT2D eigenvalue weighted by molar-refractivity contribution is 0.356. The SMILES string of the molecule is CC1=Cc2c(-c3cnc(NCc4c(F)ccc5c4CCO5)n4cnnc34)cccc2S1(=O)=O. The van der Waals surface area contributed by atoms with Gasteiger partial charge in [0.25, 0.3) is 0 Å². The number of allylic oxidation sites excluding steroid dienone is 1. The summed E-state index contributed by atoms with van der Waals surface area (Å²) in [4.78, 5) is 5.09. The average molecular weight is 463 g/mol. The number of hydrogen-bond acceptors (Lipinski definition) is 7. The van der Waals surface area contributed by atoms with Crippen LogP contribution in [0.15, 0.2) is 52.7 Å². The minimum Gasteiger partial charge on any atom is -0.493 e. The Morgan fingerprint density at radius 1 is 1.21 bits per heavy atom. The maximum Gasteiger partial charge on any atom is 0.210 e. The Kier molecular flexibility index (Phi) is 4.28. The minimum absolute atomic E-state index is 0.221. The standard InChI is InChI=1S/C23H18FN5O3S/c1-13-9-16-14(3-2-4-21(16)33(13,30)31)18-11-26-23(29-12-27-28-22(18)29)25-10-17-15-7-8-32-20(15)6-5-19(17)24/h2-6,9,11-12H,7-8,10H2,1H3,(H,25,26). The third-order valence-corrected chi connectivity index (χ3v) is 8.01. The molecule has 6 rings (SSSR count). The number of ether oxygens (including phenoxy) is 1. The molecule has 0 saturated carbocycles. The molecular formula is C23H18FN5O3S. The number of rotatable bonds is 4. The predicted molar refractivity (Wildman–Crippen MR) is 120 cm³/mol. The third kappa shape index (κ3) is 2.94. The van der Waals surface area contributed by atoms with E-state index in [9.17, 15) is 12.8 Å². The molecule has 2 aliphatic rings. The molecule has 4 heterocycles. The van der Waals surface area contributed by atoms with E-state index in [1.807, 2.05) is 6.07 Å². The zero-order valence-electron chi connectivity index (χ0n) is 17.5. The molecule has 4 aromatic rings. The summed E-state index contributed by atoms with van der Waals surface area (Å²) >= 11 is 0. The van der Waals surface area contributed by atoms with Crippen LogP contribution in [-0.4, -0.2) is 34.6 Å². The average Bonchev–Trinajstić information content (AvgIpc) is 3.52. The van der Waals surface area contributed by atoms with Gasteiger partial charge in [-0.2, -0.15) is 0 Å². The molecule has 0 spiro atoms. The molecule has 2 aliphatic heterocycles. The second-order valence-electron chi connectivity index (χ2n) is 7.95. The molecule has 166 valence electrons. The molecule has 0 atom stereocenters. The Labute approximate surface area is 188 Å². The van der Waals surface area contributed by atoms with E-state index in [0.29, 0.717) is 57.5 Å². The summed E-state index contributed by atoms with van der Waals surface area (Å²) in [6, 6.07) is 8.21. The summed E-state index contributed by atoms with van der Waals surface area (Å²) in [5.74, 6) is 0.857. The number of aromatic nitrogens is 4. The minimum atomic E-state index is -3.47. The first-order chi connectivity index (χ1) is 15.9. The van der Waals surface area contributed by atoms with Crippen LogP contribution >= 0.6 is 0 Å². The largest absolute Gasteiger partial charge is 0.493 e. The van der Waals surface area contributed by atoms with E-state index in [1.54, 1.807) is 41.8 Å². The number of nitrogens with zero attached hydrogens (tertiary/aromatic N) is 4. The van der Waals surface area contributed by atoms with Gasteiger partial charge in [-0.25, -0.2) is 17.8 Å². The molecule has 0 amide bonds. The van der Waals surface area contributed by atoms with Crippen molar-refractivity contribution in [3.8, 4) is 16.9 Å². The number of nitrogens with one attached hydrogen (secondary N) is 1. The first-order valence-electron chi connectivity index (χ1n) is 10.4. The second-order valence-corrected chi connectivity index (χ2v) is 10.0. The Bertz CT molecular complexity index is 1590. The van der Waals surface area contributed by atoms with Crippen molar-refractivity contribution in [1.29, 1.82) is 0 Å². The number of sulfone groups is 1. The van der Waals surface area contributed by atoms with Crippen molar-refractivity contribution in [3.63, 3.8) is 0 Å². The summed E-state index contributed by atoms with van der Waals surface area (Å²) in [6.45, 7) is 2.35. The maximum absolute atomic E-state index is 14.5. The molecule has 2 aromatic carbocycles. The second kappa shape index (κ2) is 7.11. The lowest BCUT2D eigenvalue weighted by Gasteiger charge is -2.13. The first kappa shape index (κ1) is 19.9. The van der Waals surface area contributed by atoms with Crippen LogP contribution in [0.1, 0.15) is 23.6 Å².